The molecule has 1 aromatic heterocycles. The van der Waals surface area contributed by atoms with Crippen LogP contribution < -0.4 is 5.73 Å². The molecule has 3 rings (SSSR count). The van der Waals surface area contributed by atoms with E-state index >= 15 is 0 Å². The number of fused-ring (bicyclic) bond motifs is 1. The lowest BCUT2D eigenvalue weighted by atomic mass is 9.78. The predicted molar refractivity (Wildman–Crippen MR) is 69.8 cm³/mol. The summed E-state index contributed by atoms with van der Waals surface area (Å²) in [6.45, 7) is 4.69. The Hall–Kier alpha value is -0.890. The molecule has 2 heteroatoms. The average molecular weight is 230 g/mol. The molecule has 2 nitrogen and oxygen atoms in total. The number of aryl methyl sites for hydroxylation is 1. The summed E-state index contributed by atoms with van der Waals surface area (Å²) in [6, 6.07) is 4.26. The first-order chi connectivity index (χ1) is 8.00. The second-order valence-electron chi connectivity index (χ2n) is 6.71. The van der Waals surface area contributed by atoms with Crippen molar-refractivity contribution in [3.05, 3.63) is 29.6 Å². The normalized spacial score (nSPS) is 34.9. The Morgan fingerprint density at radius 1 is 1.35 bits per heavy atom. The van der Waals surface area contributed by atoms with Gasteiger partial charge in [0, 0.05) is 23.3 Å². The van der Waals surface area contributed by atoms with Crippen LogP contribution in [0.5, 0.6) is 0 Å². The number of nitrogens with zero attached hydrogens (tertiary/aromatic N) is 1. The number of aromatic nitrogens is 1. The molecule has 0 amide bonds. The highest BCUT2D eigenvalue weighted by molar-refractivity contribution is 5.32. The van der Waals surface area contributed by atoms with Crippen LogP contribution in [0.2, 0.25) is 0 Å². The lowest BCUT2D eigenvalue weighted by Crippen LogP contribution is -2.43. The molecule has 1 heterocycles. The van der Waals surface area contributed by atoms with Gasteiger partial charge in [0.2, 0.25) is 0 Å². The van der Waals surface area contributed by atoms with Crippen molar-refractivity contribution in [2.24, 2.45) is 11.1 Å². The van der Waals surface area contributed by atoms with Crippen molar-refractivity contribution in [2.45, 2.75) is 57.4 Å². The van der Waals surface area contributed by atoms with Gasteiger partial charge >= 0.3 is 0 Å². The fourth-order valence-corrected chi connectivity index (χ4v) is 3.91. The van der Waals surface area contributed by atoms with E-state index in [0.29, 0.717) is 11.3 Å². The van der Waals surface area contributed by atoms with E-state index in [0.717, 1.165) is 19.3 Å². The highest BCUT2D eigenvalue weighted by Gasteiger charge is 2.48. The van der Waals surface area contributed by atoms with Crippen molar-refractivity contribution < 1.29 is 0 Å². The summed E-state index contributed by atoms with van der Waals surface area (Å²) in [5.41, 5.74) is 9.82. The van der Waals surface area contributed by atoms with Gasteiger partial charge in [0.05, 0.1) is 0 Å². The van der Waals surface area contributed by atoms with Crippen molar-refractivity contribution in [1.82, 2.24) is 4.98 Å². The van der Waals surface area contributed by atoms with Crippen LogP contribution in [0.25, 0.3) is 0 Å². The van der Waals surface area contributed by atoms with Crippen LogP contribution in [0.15, 0.2) is 18.3 Å². The summed E-state index contributed by atoms with van der Waals surface area (Å²) < 4.78 is 0. The number of nitrogens with two attached hydrogens (primary N) is 1. The van der Waals surface area contributed by atoms with Gasteiger partial charge in [-0.3, -0.25) is 4.98 Å². The molecule has 1 fully saturated rings. The largest absolute Gasteiger partial charge is 0.324 e. The maximum Gasteiger partial charge on any atom is 0.0484 e. The maximum absolute atomic E-state index is 6.71. The van der Waals surface area contributed by atoms with Gasteiger partial charge < -0.3 is 5.73 Å². The molecule has 17 heavy (non-hydrogen) atoms. The molecule has 1 saturated carbocycles. The first kappa shape index (κ1) is 11.2. The second kappa shape index (κ2) is 3.55. The zero-order valence-electron chi connectivity index (χ0n) is 10.9. The second-order valence-corrected chi connectivity index (χ2v) is 6.71. The van der Waals surface area contributed by atoms with Gasteiger partial charge in [0.25, 0.3) is 0 Å². The molecular formula is C15H22N2. The molecule has 1 aromatic rings. The molecule has 0 saturated heterocycles. The van der Waals surface area contributed by atoms with E-state index in [2.05, 4.69) is 24.9 Å². The van der Waals surface area contributed by atoms with Crippen LogP contribution in [0.1, 0.15) is 56.7 Å². The molecule has 0 radical (unpaired) electrons. The summed E-state index contributed by atoms with van der Waals surface area (Å²) in [6.07, 6.45) is 7.82. The van der Waals surface area contributed by atoms with E-state index < -0.39 is 0 Å². The number of hydrogen-bond donors (Lipinski definition) is 1. The minimum atomic E-state index is -0.0108. The quantitative estimate of drug-likeness (QED) is 0.805. The van der Waals surface area contributed by atoms with Gasteiger partial charge in [-0.25, -0.2) is 0 Å². The fourth-order valence-electron chi connectivity index (χ4n) is 3.91. The Kier molecular flexibility index (Phi) is 2.34. The molecule has 2 atom stereocenters. The molecule has 92 valence electrons. The number of rotatable bonds is 1. The fraction of sp³-hybridized carbons (Fsp3) is 0.667. The summed E-state index contributed by atoms with van der Waals surface area (Å²) in [5, 5.41) is 0. The van der Waals surface area contributed by atoms with E-state index in [-0.39, 0.29) is 5.54 Å². The monoisotopic (exact) mass is 230 g/mol. The van der Waals surface area contributed by atoms with Crippen molar-refractivity contribution in [2.75, 3.05) is 0 Å². The minimum Gasteiger partial charge on any atom is -0.324 e. The zero-order chi connectivity index (χ0) is 12.1. The maximum atomic E-state index is 6.71. The Bertz CT molecular complexity index is 438. The van der Waals surface area contributed by atoms with Crippen LogP contribution >= 0.6 is 0 Å². The zero-order valence-corrected chi connectivity index (χ0v) is 10.9. The molecule has 0 aromatic carbocycles. The van der Waals surface area contributed by atoms with Gasteiger partial charge in [0.15, 0.2) is 0 Å². The van der Waals surface area contributed by atoms with E-state index in [1.165, 1.54) is 24.1 Å². The number of pyridine rings is 1. The first-order valence-electron chi connectivity index (χ1n) is 6.73. The summed E-state index contributed by atoms with van der Waals surface area (Å²) in [7, 11) is 0. The SMILES string of the molecule is CC1(C)CCC(N)(C2CCc3cccnc32)C1. The lowest BCUT2D eigenvalue weighted by molar-refractivity contribution is 0.294. The van der Waals surface area contributed by atoms with Gasteiger partial charge in [-0.15, -0.1) is 0 Å². The van der Waals surface area contributed by atoms with E-state index in [4.69, 9.17) is 5.73 Å². The molecule has 2 N–H and O–H groups in total. The van der Waals surface area contributed by atoms with Crippen LogP contribution in [-0.2, 0) is 6.42 Å². The van der Waals surface area contributed by atoms with E-state index in [9.17, 15) is 0 Å². The van der Waals surface area contributed by atoms with Crippen molar-refractivity contribution in [1.29, 1.82) is 0 Å². The lowest BCUT2D eigenvalue weighted by Gasteiger charge is -2.33. The third-order valence-corrected chi connectivity index (χ3v) is 4.73. The van der Waals surface area contributed by atoms with Crippen LogP contribution in [0, 0.1) is 5.41 Å². The third-order valence-electron chi connectivity index (χ3n) is 4.73. The highest BCUT2D eigenvalue weighted by atomic mass is 14.8. The van der Waals surface area contributed by atoms with Crippen molar-refractivity contribution in [3.63, 3.8) is 0 Å². The standard InChI is InChI=1S/C15H22N2/c1-14(2)7-8-15(16,10-14)12-6-5-11-4-3-9-17-13(11)12/h3-4,9,12H,5-8,10,16H2,1-2H3. The van der Waals surface area contributed by atoms with Gasteiger partial charge in [0.1, 0.15) is 0 Å². The van der Waals surface area contributed by atoms with Crippen LogP contribution in [0.4, 0.5) is 0 Å². The minimum absolute atomic E-state index is 0.0108. The Balaban J connectivity index is 1.92. The highest BCUT2D eigenvalue weighted by Crippen LogP contribution is 2.51. The van der Waals surface area contributed by atoms with Crippen molar-refractivity contribution >= 4 is 0 Å². The predicted octanol–water partition coefficient (Wildman–Crippen LogP) is 3.02. The first-order valence-corrected chi connectivity index (χ1v) is 6.73. The molecule has 2 aliphatic carbocycles. The van der Waals surface area contributed by atoms with E-state index in [1.807, 2.05) is 12.3 Å². The smallest absolute Gasteiger partial charge is 0.0484 e. The molecule has 0 aliphatic heterocycles. The summed E-state index contributed by atoms with van der Waals surface area (Å²) >= 11 is 0. The van der Waals surface area contributed by atoms with E-state index in [1.54, 1.807) is 0 Å². The Morgan fingerprint density at radius 3 is 2.88 bits per heavy atom. The molecule has 0 spiro atoms. The van der Waals surface area contributed by atoms with Crippen molar-refractivity contribution in [3.8, 4) is 0 Å². The molecule has 0 bridgehead atoms. The van der Waals surface area contributed by atoms with Crippen LogP contribution in [0.3, 0.4) is 0 Å². The molecule has 2 unspecified atom stereocenters. The summed E-state index contributed by atoms with van der Waals surface area (Å²) in [4.78, 5) is 4.60. The Labute approximate surface area is 104 Å². The van der Waals surface area contributed by atoms with Crippen LogP contribution in [-0.4, -0.2) is 10.5 Å². The van der Waals surface area contributed by atoms with Gasteiger partial charge in [-0.1, -0.05) is 19.9 Å². The topological polar surface area (TPSA) is 38.9 Å². The van der Waals surface area contributed by atoms with Gasteiger partial charge in [-0.2, -0.15) is 0 Å². The average Bonchev–Trinajstić information content (AvgIpc) is 2.81. The van der Waals surface area contributed by atoms with Gasteiger partial charge in [-0.05, 0) is 49.1 Å². The Morgan fingerprint density at radius 2 is 2.18 bits per heavy atom. The molecule has 2 aliphatic rings. The molecular weight excluding hydrogens is 208 g/mol. The number of hydrogen-bond acceptors (Lipinski definition) is 2. The third kappa shape index (κ3) is 1.79. The summed E-state index contributed by atoms with van der Waals surface area (Å²) in [5.74, 6) is 0.487.